The summed E-state index contributed by atoms with van der Waals surface area (Å²) in [5.74, 6) is 0.243. The van der Waals surface area contributed by atoms with E-state index in [1.54, 1.807) is 0 Å². The van der Waals surface area contributed by atoms with Gasteiger partial charge < -0.3 is 10.0 Å². The van der Waals surface area contributed by atoms with Crippen LogP contribution in [0.5, 0.6) is 0 Å². The number of hydrogen-bond donors (Lipinski definition) is 1. The fourth-order valence-corrected chi connectivity index (χ4v) is 2.48. The van der Waals surface area contributed by atoms with Gasteiger partial charge in [-0.05, 0) is 37.1 Å². The molecule has 1 N–H and O–H groups in total. The lowest BCUT2D eigenvalue weighted by molar-refractivity contribution is -0.137. The maximum Gasteiger partial charge on any atom is 0.303 e. The number of carboxylic acids is 1. The largest absolute Gasteiger partial charge is 0.481 e. The van der Waals surface area contributed by atoms with Crippen molar-refractivity contribution in [3.63, 3.8) is 0 Å². The van der Waals surface area contributed by atoms with Gasteiger partial charge in [-0.2, -0.15) is 0 Å². The Balaban J connectivity index is 2.11. The quantitative estimate of drug-likeness (QED) is 0.710. The number of carbonyl (C=O) groups is 1. The predicted octanol–water partition coefficient (Wildman–Crippen LogP) is 3.00. The third kappa shape index (κ3) is 5.53. The van der Waals surface area contributed by atoms with Gasteiger partial charge in [0.15, 0.2) is 0 Å². The summed E-state index contributed by atoms with van der Waals surface area (Å²) < 4.78 is 0. The Morgan fingerprint density at radius 1 is 1.35 bits per heavy atom. The van der Waals surface area contributed by atoms with E-state index in [0.717, 1.165) is 25.3 Å². The van der Waals surface area contributed by atoms with Crippen molar-refractivity contribution < 1.29 is 9.90 Å². The van der Waals surface area contributed by atoms with Crippen molar-refractivity contribution in [1.29, 1.82) is 0 Å². The van der Waals surface area contributed by atoms with Crippen LogP contribution in [0.2, 0.25) is 0 Å². The van der Waals surface area contributed by atoms with Gasteiger partial charge in [-0.1, -0.05) is 27.2 Å². The molecule has 0 aromatic carbocycles. The van der Waals surface area contributed by atoms with Crippen molar-refractivity contribution >= 4 is 5.97 Å². The van der Waals surface area contributed by atoms with E-state index >= 15 is 0 Å². The summed E-state index contributed by atoms with van der Waals surface area (Å²) in [5, 5.41) is 8.69. The summed E-state index contributed by atoms with van der Waals surface area (Å²) in [5.41, 5.74) is 0.161. The van der Waals surface area contributed by atoms with Crippen molar-refractivity contribution in [1.82, 2.24) is 4.90 Å². The molecule has 0 unspecified atom stereocenters. The van der Waals surface area contributed by atoms with Gasteiger partial charge in [0.05, 0.1) is 0 Å². The third-order valence-electron chi connectivity index (χ3n) is 3.85. The molecular formula is C14H27NO2. The van der Waals surface area contributed by atoms with Crippen LogP contribution >= 0.6 is 0 Å². The topological polar surface area (TPSA) is 40.5 Å². The highest BCUT2D eigenvalue weighted by Gasteiger charge is 2.27. The van der Waals surface area contributed by atoms with Crippen LogP contribution in [0.1, 0.15) is 52.9 Å². The van der Waals surface area contributed by atoms with Gasteiger partial charge in [-0.15, -0.1) is 0 Å². The van der Waals surface area contributed by atoms with E-state index in [4.69, 9.17) is 5.11 Å². The van der Waals surface area contributed by atoms with Gasteiger partial charge in [-0.25, -0.2) is 0 Å². The average Bonchev–Trinajstić information content (AvgIpc) is 2.18. The summed E-state index contributed by atoms with van der Waals surface area (Å²) in [7, 11) is 0. The summed E-state index contributed by atoms with van der Waals surface area (Å²) in [6, 6.07) is 0. The van der Waals surface area contributed by atoms with Crippen LogP contribution in [0, 0.1) is 11.3 Å². The van der Waals surface area contributed by atoms with Crippen LogP contribution in [-0.4, -0.2) is 35.6 Å². The third-order valence-corrected chi connectivity index (χ3v) is 3.85. The fourth-order valence-electron chi connectivity index (χ4n) is 2.48. The van der Waals surface area contributed by atoms with Crippen LogP contribution in [0.15, 0.2) is 0 Å². The Labute approximate surface area is 105 Å². The second-order valence-electron chi connectivity index (χ2n) is 6.22. The summed E-state index contributed by atoms with van der Waals surface area (Å²) in [6.45, 7) is 10.2. The van der Waals surface area contributed by atoms with E-state index in [2.05, 4.69) is 25.7 Å². The molecule has 1 fully saturated rings. The molecule has 1 aliphatic rings. The SMILES string of the molecule is CCCC1CN(CCC(C)(C)CCC(=O)O)C1. The van der Waals surface area contributed by atoms with Crippen molar-refractivity contribution in [2.45, 2.75) is 52.9 Å². The summed E-state index contributed by atoms with van der Waals surface area (Å²) in [6.07, 6.45) is 4.85. The normalized spacial score (nSPS) is 18.1. The van der Waals surface area contributed by atoms with Gasteiger partial charge >= 0.3 is 5.97 Å². The maximum absolute atomic E-state index is 10.6. The van der Waals surface area contributed by atoms with Gasteiger partial charge in [0.2, 0.25) is 0 Å². The Morgan fingerprint density at radius 2 is 2.00 bits per heavy atom. The molecule has 0 aromatic rings. The lowest BCUT2D eigenvalue weighted by Gasteiger charge is -2.41. The lowest BCUT2D eigenvalue weighted by Crippen LogP contribution is -2.47. The molecule has 0 atom stereocenters. The van der Waals surface area contributed by atoms with E-state index in [-0.39, 0.29) is 5.41 Å². The van der Waals surface area contributed by atoms with Crippen LogP contribution in [0.25, 0.3) is 0 Å². The number of hydrogen-bond acceptors (Lipinski definition) is 2. The Kier molecular flexibility index (Phi) is 5.44. The standard InChI is InChI=1S/C14H27NO2/c1-4-5-12-10-15(11-12)9-8-14(2,3)7-6-13(16)17/h12H,4-11H2,1-3H3,(H,16,17). The molecule has 0 radical (unpaired) electrons. The number of nitrogens with zero attached hydrogens (tertiary/aromatic N) is 1. The van der Waals surface area contributed by atoms with Crippen molar-refractivity contribution in [2.75, 3.05) is 19.6 Å². The van der Waals surface area contributed by atoms with Crippen LogP contribution in [0.4, 0.5) is 0 Å². The molecule has 0 spiro atoms. The van der Waals surface area contributed by atoms with Gasteiger partial charge in [0.1, 0.15) is 0 Å². The summed E-state index contributed by atoms with van der Waals surface area (Å²) >= 11 is 0. The molecule has 1 rings (SSSR count). The first-order valence-corrected chi connectivity index (χ1v) is 6.87. The van der Waals surface area contributed by atoms with Crippen LogP contribution in [0.3, 0.4) is 0 Å². The Hall–Kier alpha value is -0.570. The molecule has 1 heterocycles. The molecule has 3 nitrogen and oxygen atoms in total. The highest BCUT2D eigenvalue weighted by molar-refractivity contribution is 5.66. The highest BCUT2D eigenvalue weighted by Crippen LogP contribution is 2.29. The highest BCUT2D eigenvalue weighted by atomic mass is 16.4. The second-order valence-corrected chi connectivity index (χ2v) is 6.22. The molecule has 0 aliphatic carbocycles. The van der Waals surface area contributed by atoms with Crippen LogP contribution < -0.4 is 0 Å². The molecule has 0 bridgehead atoms. The molecule has 0 amide bonds. The molecule has 100 valence electrons. The van der Waals surface area contributed by atoms with E-state index in [0.29, 0.717) is 6.42 Å². The van der Waals surface area contributed by atoms with E-state index < -0.39 is 5.97 Å². The molecule has 0 saturated carbocycles. The zero-order valence-corrected chi connectivity index (χ0v) is 11.5. The molecule has 0 aromatic heterocycles. The molecule has 3 heteroatoms. The monoisotopic (exact) mass is 241 g/mol. The summed E-state index contributed by atoms with van der Waals surface area (Å²) in [4.78, 5) is 13.1. The molecule has 1 saturated heterocycles. The number of likely N-dealkylation sites (tertiary alicyclic amines) is 1. The molecule has 17 heavy (non-hydrogen) atoms. The minimum absolute atomic E-state index is 0.161. The van der Waals surface area contributed by atoms with Gasteiger partial charge in [-0.3, -0.25) is 4.79 Å². The average molecular weight is 241 g/mol. The molecular weight excluding hydrogens is 214 g/mol. The van der Waals surface area contributed by atoms with Gasteiger partial charge in [0.25, 0.3) is 0 Å². The van der Waals surface area contributed by atoms with E-state index in [1.807, 2.05) is 0 Å². The van der Waals surface area contributed by atoms with Gasteiger partial charge in [0, 0.05) is 19.5 Å². The smallest absolute Gasteiger partial charge is 0.303 e. The minimum Gasteiger partial charge on any atom is -0.481 e. The minimum atomic E-state index is -0.676. The Bertz CT molecular complexity index is 245. The Morgan fingerprint density at radius 3 is 2.53 bits per heavy atom. The zero-order valence-electron chi connectivity index (χ0n) is 11.5. The first kappa shape index (κ1) is 14.5. The molecule has 1 aliphatic heterocycles. The van der Waals surface area contributed by atoms with Crippen molar-refractivity contribution in [2.24, 2.45) is 11.3 Å². The van der Waals surface area contributed by atoms with Crippen molar-refractivity contribution in [3.8, 4) is 0 Å². The second kappa shape index (κ2) is 6.39. The first-order chi connectivity index (χ1) is 7.93. The van der Waals surface area contributed by atoms with Crippen molar-refractivity contribution in [3.05, 3.63) is 0 Å². The lowest BCUT2D eigenvalue weighted by atomic mass is 9.83. The van der Waals surface area contributed by atoms with Crippen LogP contribution in [-0.2, 0) is 4.79 Å². The first-order valence-electron chi connectivity index (χ1n) is 6.87. The zero-order chi connectivity index (χ0) is 12.9. The maximum atomic E-state index is 10.6. The number of carboxylic acid groups (broad SMARTS) is 1. The number of rotatable bonds is 8. The fraction of sp³-hybridized carbons (Fsp3) is 0.929. The number of aliphatic carboxylic acids is 1. The van der Waals surface area contributed by atoms with E-state index in [1.165, 1.54) is 25.9 Å². The predicted molar refractivity (Wildman–Crippen MR) is 70.1 cm³/mol. The van der Waals surface area contributed by atoms with E-state index in [9.17, 15) is 4.79 Å².